The molecule has 0 radical (unpaired) electrons. The molecule has 2 atom stereocenters. The van der Waals surface area contributed by atoms with Gasteiger partial charge in [0.05, 0.1) is 18.7 Å². The molecular weight excluding hydrogens is 318 g/mol. The number of hydrogen-bond acceptors (Lipinski definition) is 6. The van der Waals surface area contributed by atoms with Crippen LogP contribution in [0.4, 0.5) is 5.00 Å². The number of esters is 1. The predicted molar refractivity (Wildman–Crippen MR) is 85.6 cm³/mol. The molecular formula is C15H19N3O4S. The Morgan fingerprint density at radius 3 is 2.96 bits per heavy atom. The van der Waals surface area contributed by atoms with E-state index in [4.69, 9.17) is 4.74 Å². The van der Waals surface area contributed by atoms with Crippen LogP contribution >= 0.6 is 11.3 Å². The van der Waals surface area contributed by atoms with Gasteiger partial charge in [-0.15, -0.1) is 11.3 Å². The lowest BCUT2D eigenvalue weighted by Gasteiger charge is -2.18. The van der Waals surface area contributed by atoms with Crippen molar-refractivity contribution >= 4 is 34.1 Å². The first-order chi connectivity index (χ1) is 11.1. The summed E-state index contributed by atoms with van der Waals surface area (Å²) < 4.78 is 4.74. The average molecular weight is 337 g/mol. The maximum Gasteiger partial charge on any atom is 0.340 e. The molecule has 1 aromatic heterocycles. The Morgan fingerprint density at radius 1 is 1.43 bits per heavy atom. The summed E-state index contributed by atoms with van der Waals surface area (Å²) in [5.41, 5.74) is 0.385. The molecule has 7 nitrogen and oxygen atoms in total. The molecule has 2 amide bonds. The van der Waals surface area contributed by atoms with Crippen LogP contribution in [0.1, 0.15) is 29.6 Å². The lowest BCUT2D eigenvalue weighted by Crippen LogP contribution is -2.48. The van der Waals surface area contributed by atoms with Gasteiger partial charge in [0, 0.05) is 6.54 Å². The van der Waals surface area contributed by atoms with Crippen molar-refractivity contribution in [3.8, 4) is 0 Å². The van der Waals surface area contributed by atoms with Gasteiger partial charge in [-0.05, 0) is 37.3 Å². The van der Waals surface area contributed by atoms with Crippen LogP contribution < -0.4 is 15.5 Å². The molecule has 0 aliphatic carbocycles. The molecule has 0 bridgehead atoms. The van der Waals surface area contributed by atoms with Crippen molar-refractivity contribution in [1.29, 1.82) is 0 Å². The van der Waals surface area contributed by atoms with E-state index in [-0.39, 0.29) is 17.9 Å². The highest BCUT2D eigenvalue weighted by Crippen LogP contribution is 2.31. The van der Waals surface area contributed by atoms with E-state index in [0.29, 0.717) is 23.5 Å². The Labute approximate surface area is 138 Å². The minimum absolute atomic E-state index is 0.123. The van der Waals surface area contributed by atoms with Gasteiger partial charge in [-0.3, -0.25) is 9.59 Å². The largest absolute Gasteiger partial charge is 0.465 e. The topological polar surface area (TPSA) is 87.7 Å². The van der Waals surface area contributed by atoms with Crippen molar-refractivity contribution < 1.29 is 19.1 Å². The van der Waals surface area contributed by atoms with E-state index in [1.807, 2.05) is 0 Å². The van der Waals surface area contributed by atoms with Gasteiger partial charge in [0.15, 0.2) is 0 Å². The number of amides is 2. The standard InChI is InChI=1S/C15H19N3O4S/c1-22-15(21)9-5-8-23-14(9)18-7-4-11(13(18)20)17-12(19)10-3-2-6-16-10/h5,8,10-11,16H,2-4,6-7H2,1H3,(H,17,19). The maximum absolute atomic E-state index is 12.6. The SMILES string of the molecule is COC(=O)c1ccsc1N1CCC(NC(=O)C2CCCN2)C1=O. The van der Waals surface area contributed by atoms with Crippen LogP contribution in [0.2, 0.25) is 0 Å². The zero-order valence-electron chi connectivity index (χ0n) is 12.8. The molecule has 2 saturated heterocycles. The van der Waals surface area contributed by atoms with Crippen molar-refractivity contribution in [2.75, 3.05) is 25.1 Å². The van der Waals surface area contributed by atoms with Crippen LogP contribution in [0.5, 0.6) is 0 Å². The van der Waals surface area contributed by atoms with Gasteiger partial charge < -0.3 is 20.3 Å². The maximum atomic E-state index is 12.6. The smallest absolute Gasteiger partial charge is 0.340 e. The molecule has 23 heavy (non-hydrogen) atoms. The van der Waals surface area contributed by atoms with Crippen molar-refractivity contribution in [2.24, 2.45) is 0 Å². The molecule has 1 aromatic rings. The lowest BCUT2D eigenvalue weighted by atomic mass is 10.2. The van der Waals surface area contributed by atoms with Gasteiger partial charge in [-0.25, -0.2) is 4.79 Å². The lowest BCUT2D eigenvalue weighted by molar-refractivity contribution is -0.127. The van der Waals surface area contributed by atoms with Gasteiger partial charge in [-0.2, -0.15) is 0 Å². The van der Waals surface area contributed by atoms with Gasteiger partial charge in [0.25, 0.3) is 0 Å². The highest BCUT2D eigenvalue weighted by Gasteiger charge is 2.37. The number of nitrogens with zero attached hydrogens (tertiary/aromatic N) is 1. The van der Waals surface area contributed by atoms with Crippen molar-refractivity contribution in [3.05, 3.63) is 17.0 Å². The van der Waals surface area contributed by atoms with E-state index in [1.54, 1.807) is 16.3 Å². The monoisotopic (exact) mass is 337 g/mol. The number of thiophene rings is 1. The molecule has 2 N–H and O–H groups in total. The molecule has 2 aliphatic rings. The number of methoxy groups -OCH3 is 1. The third-order valence-corrected chi connectivity index (χ3v) is 5.13. The summed E-state index contributed by atoms with van der Waals surface area (Å²) in [6.45, 7) is 1.31. The fourth-order valence-corrected chi connectivity index (χ4v) is 3.89. The van der Waals surface area contributed by atoms with E-state index in [1.165, 1.54) is 18.4 Å². The second kappa shape index (κ2) is 6.67. The van der Waals surface area contributed by atoms with Gasteiger partial charge in [0.2, 0.25) is 11.8 Å². The summed E-state index contributed by atoms with van der Waals surface area (Å²) in [7, 11) is 1.31. The van der Waals surface area contributed by atoms with Gasteiger partial charge in [0.1, 0.15) is 11.0 Å². The summed E-state index contributed by atoms with van der Waals surface area (Å²) in [5.74, 6) is -0.761. The number of rotatable bonds is 4. The summed E-state index contributed by atoms with van der Waals surface area (Å²) in [4.78, 5) is 38.0. The van der Waals surface area contributed by atoms with Crippen LogP contribution in [0.15, 0.2) is 11.4 Å². The average Bonchev–Trinajstić information content (AvgIpc) is 3.27. The summed E-state index contributed by atoms with van der Waals surface area (Å²) in [6.07, 6.45) is 2.31. The van der Waals surface area contributed by atoms with Gasteiger partial charge >= 0.3 is 5.97 Å². The first-order valence-electron chi connectivity index (χ1n) is 7.62. The van der Waals surface area contributed by atoms with Crippen LogP contribution in [0.25, 0.3) is 0 Å². The highest BCUT2D eigenvalue weighted by molar-refractivity contribution is 7.14. The van der Waals surface area contributed by atoms with Crippen LogP contribution in [0, 0.1) is 0 Å². The Hall–Kier alpha value is -1.93. The first kappa shape index (κ1) is 15.9. The predicted octanol–water partition coefficient (Wildman–Crippen LogP) is 0.508. The van der Waals surface area contributed by atoms with Crippen molar-refractivity contribution in [3.63, 3.8) is 0 Å². The number of ether oxygens (including phenoxy) is 1. The van der Waals surface area contributed by atoms with Crippen LogP contribution in [-0.4, -0.2) is 50.1 Å². The first-order valence-corrected chi connectivity index (χ1v) is 8.50. The van der Waals surface area contributed by atoms with Gasteiger partial charge in [-0.1, -0.05) is 0 Å². The Balaban J connectivity index is 1.68. The summed E-state index contributed by atoms with van der Waals surface area (Å²) >= 11 is 1.32. The second-order valence-electron chi connectivity index (χ2n) is 5.62. The Bertz CT molecular complexity index is 624. The molecule has 8 heteroatoms. The number of anilines is 1. The third-order valence-electron chi connectivity index (χ3n) is 4.19. The molecule has 0 aromatic carbocycles. The fraction of sp³-hybridized carbons (Fsp3) is 0.533. The summed E-state index contributed by atoms with van der Waals surface area (Å²) in [6, 6.07) is 0.912. The zero-order valence-corrected chi connectivity index (χ0v) is 13.6. The van der Waals surface area contributed by atoms with E-state index in [9.17, 15) is 14.4 Å². The molecule has 0 saturated carbocycles. The second-order valence-corrected chi connectivity index (χ2v) is 6.51. The molecule has 2 aliphatic heterocycles. The fourth-order valence-electron chi connectivity index (χ4n) is 2.97. The Morgan fingerprint density at radius 2 is 2.26 bits per heavy atom. The Kier molecular flexibility index (Phi) is 4.63. The number of hydrogen-bond donors (Lipinski definition) is 2. The van der Waals surface area contributed by atoms with E-state index in [0.717, 1.165) is 19.4 Å². The van der Waals surface area contributed by atoms with Crippen molar-refractivity contribution in [1.82, 2.24) is 10.6 Å². The normalized spacial score (nSPS) is 24.0. The minimum Gasteiger partial charge on any atom is -0.465 e. The molecule has 3 rings (SSSR count). The molecule has 2 fully saturated rings. The third kappa shape index (κ3) is 3.09. The van der Waals surface area contributed by atoms with Crippen LogP contribution in [-0.2, 0) is 14.3 Å². The highest BCUT2D eigenvalue weighted by atomic mass is 32.1. The summed E-state index contributed by atoms with van der Waals surface area (Å²) in [5, 5.41) is 8.27. The number of carbonyl (C=O) groups excluding carboxylic acids is 3. The molecule has 124 valence electrons. The molecule has 2 unspecified atom stereocenters. The molecule has 3 heterocycles. The van der Waals surface area contributed by atoms with E-state index >= 15 is 0 Å². The zero-order chi connectivity index (χ0) is 16.4. The number of carbonyl (C=O) groups is 3. The minimum atomic E-state index is -0.530. The number of nitrogens with one attached hydrogen (secondary N) is 2. The van der Waals surface area contributed by atoms with Crippen LogP contribution in [0.3, 0.4) is 0 Å². The van der Waals surface area contributed by atoms with Crippen molar-refractivity contribution in [2.45, 2.75) is 31.3 Å². The van der Waals surface area contributed by atoms with E-state index in [2.05, 4.69) is 10.6 Å². The molecule has 0 spiro atoms. The quantitative estimate of drug-likeness (QED) is 0.782. The van der Waals surface area contributed by atoms with E-state index < -0.39 is 12.0 Å².